The third-order valence-corrected chi connectivity index (χ3v) is 3.49. The maximum absolute atomic E-state index is 13.6. The van der Waals surface area contributed by atoms with E-state index in [2.05, 4.69) is 17.2 Å². The molecule has 18 heavy (non-hydrogen) atoms. The van der Waals surface area contributed by atoms with E-state index in [1.54, 1.807) is 12.3 Å². The summed E-state index contributed by atoms with van der Waals surface area (Å²) in [6.45, 7) is 3.82. The zero-order chi connectivity index (χ0) is 13.0. The van der Waals surface area contributed by atoms with Crippen molar-refractivity contribution in [2.24, 2.45) is 0 Å². The van der Waals surface area contributed by atoms with Gasteiger partial charge in [0.15, 0.2) is 0 Å². The van der Waals surface area contributed by atoms with E-state index in [4.69, 9.17) is 5.11 Å². The van der Waals surface area contributed by atoms with Crippen LogP contribution in [0.1, 0.15) is 18.2 Å². The molecule has 3 nitrogen and oxygen atoms in total. The average molecular weight is 266 g/mol. The van der Waals surface area contributed by atoms with Gasteiger partial charge < -0.3 is 10.4 Å². The van der Waals surface area contributed by atoms with E-state index < -0.39 is 5.82 Å². The van der Waals surface area contributed by atoms with Crippen molar-refractivity contribution >= 4 is 11.3 Å². The number of aromatic hydroxyl groups is 1. The van der Waals surface area contributed by atoms with Gasteiger partial charge in [0.1, 0.15) is 16.6 Å². The Hall–Kier alpha value is -1.46. The molecule has 0 aliphatic heterocycles. The Morgan fingerprint density at radius 1 is 1.44 bits per heavy atom. The lowest BCUT2D eigenvalue weighted by molar-refractivity contribution is 0.469. The Bertz CT molecular complexity index is 527. The van der Waals surface area contributed by atoms with E-state index in [0.29, 0.717) is 10.6 Å². The molecule has 0 spiro atoms. The van der Waals surface area contributed by atoms with Crippen LogP contribution in [0.25, 0.3) is 10.6 Å². The van der Waals surface area contributed by atoms with Crippen LogP contribution in [0, 0.1) is 5.82 Å². The number of phenolic OH excluding ortho intramolecular Hbond substituents is 1. The quantitative estimate of drug-likeness (QED) is 0.817. The minimum Gasteiger partial charge on any atom is -0.508 e. The highest BCUT2D eigenvalue weighted by Crippen LogP contribution is 2.29. The van der Waals surface area contributed by atoms with Crippen molar-refractivity contribution in [1.82, 2.24) is 10.3 Å². The van der Waals surface area contributed by atoms with Crippen LogP contribution in [0.4, 0.5) is 4.39 Å². The molecule has 2 rings (SSSR count). The van der Waals surface area contributed by atoms with Crippen LogP contribution in [-0.2, 0) is 6.54 Å². The Morgan fingerprint density at radius 2 is 2.28 bits per heavy atom. The number of nitrogens with zero attached hydrogens (tertiary/aromatic N) is 1. The lowest BCUT2D eigenvalue weighted by Crippen LogP contribution is -2.12. The molecular formula is C13H15FN2OS. The molecule has 2 N–H and O–H groups in total. The van der Waals surface area contributed by atoms with Gasteiger partial charge in [-0.3, -0.25) is 0 Å². The fourth-order valence-corrected chi connectivity index (χ4v) is 2.49. The SMILES string of the molecule is CCCNCc1cnc(-c2ccc(O)cc2F)s1. The minimum atomic E-state index is -0.447. The van der Waals surface area contributed by atoms with Crippen molar-refractivity contribution in [2.75, 3.05) is 6.54 Å². The number of halogens is 1. The first-order chi connectivity index (χ1) is 8.70. The van der Waals surface area contributed by atoms with Crippen molar-refractivity contribution in [2.45, 2.75) is 19.9 Å². The number of thiazole rings is 1. The monoisotopic (exact) mass is 266 g/mol. The van der Waals surface area contributed by atoms with Gasteiger partial charge in [-0.2, -0.15) is 0 Å². The summed E-state index contributed by atoms with van der Waals surface area (Å²) in [7, 11) is 0. The van der Waals surface area contributed by atoms with Gasteiger partial charge in [0.2, 0.25) is 0 Å². The van der Waals surface area contributed by atoms with Gasteiger partial charge in [0.05, 0.1) is 0 Å². The molecule has 1 aromatic carbocycles. The summed E-state index contributed by atoms with van der Waals surface area (Å²) in [4.78, 5) is 5.29. The molecule has 0 bridgehead atoms. The Morgan fingerprint density at radius 3 is 3.00 bits per heavy atom. The molecule has 2 aromatic rings. The summed E-state index contributed by atoms with van der Waals surface area (Å²) >= 11 is 1.46. The fraction of sp³-hybridized carbons (Fsp3) is 0.308. The predicted octanol–water partition coefficient (Wildman–Crippen LogP) is 3.15. The Kier molecular flexibility index (Phi) is 4.28. The average Bonchev–Trinajstić information content (AvgIpc) is 2.78. The van der Waals surface area contributed by atoms with Gasteiger partial charge in [0.25, 0.3) is 0 Å². The number of phenols is 1. The van der Waals surface area contributed by atoms with E-state index >= 15 is 0 Å². The number of hydrogen-bond acceptors (Lipinski definition) is 4. The molecule has 0 saturated heterocycles. The molecule has 0 unspecified atom stereocenters. The van der Waals surface area contributed by atoms with Crippen LogP contribution in [0.2, 0.25) is 0 Å². The molecule has 0 atom stereocenters. The molecule has 0 aliphatic rings. The molecule has 0 fully saturated rings. The zero-order valence-corrected chi connectivity index (χ0v) is 10.9. The number of nitrogens with one attached hydrogen (secondary N) is 1. The molecular weight excluding hydrogens is 251 g/mol. The van der Waals surface area contributed by atoms with Crippen molar-refractivity contribution in [3.05, 3.63) is 35.1 Å². The molecule has 1 aromatic heterocycles. The lowest BCUT2D eigenvalue weighted by Gasteiger charge is -2.00. The molecule has 0 aliphatic carbocycles. The molecule has 5 heteroatoms. The first kappa shape index (κ1) is 13.0. The van der Waals surface area contributed by atoms with Crippen LogP contribution in [0.15, 0.2) is 24.4 Å². The predicted molar refractivity (Wildman–Crippen MR) is 71.2 cm³/mol. The number of benzene rings is 1. The normalized spacial score (nSPS) is 10.8. The van der Waals surface area contributed by atoms with Crippen molar-refractivity contribution < 1.29 is 9.50 Å². The molecule has 0 radical (unpaired) electrons. The Labute approximate surface area is 109 Å². The topological polar surface area (TPSA) is 45.2 Å². The van der Waals surface area contributed by atoms with Crippen molar-refractivity contribution in [3.8, 4) is 16.3 Å². The van der Waals surface area contributed by atoms with Gasteiger partial charge in [-0.1, -0.05) is 6.92 Å². The lowest BCUT2D eigenvalue weighted by atomic mass is 10.2. The third kappa shape index (κ3) is 3.05. The zero-order valence-electron chi connectivity index (χ0n) is 10.1. The van der Waals surface area contributed by atoms with Crippen molar-refractivity contribution in [3.63, 3.8) is 0 Å². The summed E-state index contributed by atoms with van der Waals surface area (Å²) in [5.41, 5.74) is 0.430. The van der Waals surface area contributed by atoms with Crippen LogP contribution >= 0.6 is 11.3 Å². The summed E-state index contributed by atoms with van der Waals surface area (Å²) in [6.07, 6.45) is 2.84. The summed E-state index contributed by atoms with van der Waals surface area (Å²) in [6, 6.07) is 4.12. The van der Waals surface area contributed by atoms with Crippen LogP contribution in [0.3, 0.4) is 0 Å². The van der Waals surface area contributed by atoms with E-state index in [0.717, 1.165) is 30.5 Å². The van der Waals surface area contributed by atoms with Crippen LogP contribution < -0.4 is 5.32 Å². The van der Waals surface area contributed by atoms with Gasteiger partial charge >= 0.3 is 0 Å². The highest BCUT2D eigenvalue weighted by atomic mass is 32.1. The summed E-state index contributed by atoms with van der Waals surface area (Å²) in [5, 5.41) is 13.1. The fourth-order valence-electron chi connectivity index (χ4n) is 1.58. The van der Waals surface area contributed by atoms with E-state index in [1.165, 1.54) is 17.4 Å². The maximum atomic E-state index is 13.6. The summed E-state index contributed by atoms with van der Waals surface area (Å²) < 4.78 is 13.6. The van der Waals surface area contributed by atoms with Crippen LogP contribution in [-0.4, -0.2) is 16.6 Å². The number of aromatic nitrogens is 1. The first-order valence-electron chi connectivity index (χ1n) is 5.85. The standard InChI is InChI=1S/C13H15FN2OS/c1-2-5-15-7-10-8-16-13(18-10)11-4-3-9(17)6-12(11)14/h3-4,6,8,15,17H,2,5,7H2,1H3. The number of hydrogen-bond donors (Lipinski definition) is 2. The van der Waals surface area contributed by atoms with Gasteiger partial charge in [-0.05, 0) is 25.1 Å². The molecule has 0 amide bonds. The maximum Gasteiger partial charge on any atom is 0.137 e. The molecule has 96 valence electrons. The van der Waals surface area contributed by atoms with E-state index in [1.807, 2.05) is 0 Å². The van der Waals surface area contributed by atoms with Gasteiger partial charge in [0, 0.05) is 29.2 Å². The smallest absolute Gasteiger partial charge is 0.137 e. The first-order valence-corrected chi connectivity index (χ1v) is 6.66. The highest BCUT2D eigenvalue weighted by Gasteiger charge is 2.10. The van der Waals surface area contributed by atoms with E-state index in [9.17, 15) is 4.39 Å². The number of rotatable bonds is 5. The third-order valence-electron chi connectivity index (χ3n) is 2.46. The summed E-state index contributed by atoms with van der Waals surface area (Å²) in [5.74, 6) is -0.518. The molecule has 1 heterocycles. The van der Waals surface area contributed by atoms with Gasteiger partial charge in [-0.25, -0.2) is 9.37 Å². The van der Waals surface area contributed by atoms with Gasteiger partial charge in [-0.15, -0.1) is 11.3 Å². The van der Waals surface area contributed by atoms with Crippen molar-refractivity contribution in [1.29, 1.82) is 0 Å². The second-order valence-corrected chi connectivity index (χ2v) is 5.09. The van der Waals surface area contributed by atoms with Crippen LogP contribution in [0.5, 0.6) is 5.75 Å². The highest BCUT2D eigenvalue weighted by molar-refractivity contribution is 7.15. The Balaban J connectivity index is 2.13. The van der Waals surface area contributed by atoms with E-state index in [-0.39, 0.29) is 5.75 Å². The largest absolute Gasteiger partial charge is 0.508 e. The second-order valence-electron chi connectivity index (χ2n) is 3.97. The second kappa shape index (κ2) is 5.93. The minimum absolute atomic E-state index is 0.0716. The molecule has 0 saturated carbocycles.